The number of fused-ring (bicyclic) bond motifs is 1. The molecule has 5 nitrogen and oxygen atoms in total. The molecule has 0 aliphatic rings. The van der Waals surface area contributed by atoms with E-state index in [2.05, 4.69) is 5.32 Å². The Balaban J connectivity index is 1.72. The number of benzene rings is 2. The van der Waals surface area contributed by atoms with Crippen LogP contribution < -0.4 is 10.1 Å². The number of nitrogens with one attached hydrogen (secondary N) is 1. The molecule has 0 aliphatic carbocycles. The number of ether oxygens (including phenoxy) is 1. The van der Waals surface area contributed by atoms with Crippen molar-refractivity contribution in [2.24, 2.45) is 0 Å². The summed E-state index contributed by atoms with van der Waals surface area (Å²) in [5.74, 6) is 0.486. The standard InChI is InChI=1S/C17H14ClNO4/c18-12-1-6-15-11(9-12)10-16(23-15)17(21)19-13-2-4-14(5-3-13)22-8-7-20/h1-6,9-10,20H,7-8H2,(H,19,21). The Morgan fingerprint density at radius 1 is 1.17 bits per heavy atom. The van der Waals surface area contributed by atoms with Gasteiger partial charge in [0.05, 0.1) is 6.61 Å². The first-order chi connectivity index (χ1) is 11.2. The van der Waals surface area contributed by atoms with E-state index in [1.54, 1.807) is 48.5 Å². The minimum absolute atomic E-state index is 0.0471. The predicted molar refractivity (Wildman–Crippen MR) is 88.2 cm³/mol. The number of amides is 1. The van der Waals surface area contributed by atoms with Gasteiger partial charge < -0.3 is 19.6 Å². The average molecular weight is 332 g/mol. The number of carbonyl (C=O) groups is 1. The first-order valence-corrected chi connectivity index (χ1v) is 7.38. The third kappa shape index (κ3) is 3.64. The first kappa shape index (κ1) is 15.4. The number of hydrogen-bond donors (Lipinski definition) is 2. The van der Waals surface area contributed by atoms with E-state index in [0.717, 1.165) is 5.39 Å². The van der Waals surface area contributed by atoms with Crippen LogP contribution in [0.5, 0.6) is 5.75 Å². The molecular weight excluding hydrogens is 318 g/mol. The lowest BCUT2D eigenvalue weighted by atomic mass is 10.2. The molecule has 1 heterocycles. The van der Waals surface area contributed by atoms with Crippen molar-refractivity contribution >= 4 is 34.2 Å². The van der Waals surface area contributed by atoms with Crippen LogP contribution in [-0.2, 0) is 0 Å². The SMILES string of the molecule is O=C(Nc1ccc(OCCO)cc1)c1cc2cc(Cl)ccc2o1. The number of aliphatic hydroxyl groups excluding tert-OH is 1. The molecule has 2 aromatic carbocycles. The second-order valence-corrected chi connectivity index (χ2v) is 5.28. The van der Waals surface area contributed by atoms with Gasteiger partial charge in [-0.05, 0) is 48.5 Å². The van der Waals surface area contributed by atoms with Crippen LogP contribution in [0.3, 0.4) is 0 Å². The van der Waals surface area contributed by atoms with Crippen LogP contribution in [0.4, 0.5) is 5.69 Å². The Labute approximate surface area is 137 Å². The zero-order valence-corrected chi connectivity index (χ0v) is 12.8. The van der Waals surface area contributed by atoms with Gasteiger partial charge in [0.15, 0.2) is 5.76 Å². The molecule has 118 valence electrons. The van der Waals surface area contributed by atoms with E-state index in [-0.39, 0.29) is 24.9 Å². The maximum atomic E-state index is 12.2. The molecule has 3 aromatic rings. The second kappa shape index (κ2) is 6.73. The van der Waals surface area contributed by atoms with E-state index in [1.807, 2.05) is 0 Å². The molecule has 0 radical (unpaired) electrons. The average Bonchev–Trinajstić information content (AvgIpc) is 2.97. The van der Waals surface area contributed by atoms with Crippen molar-refractivity contribution in [3.8, 4) is 5.75 Å². The normalized spacial score (nSPS) is 10.7. The third-order valence-electron chi connectivity index (χ3n) is 3.17. The molecule has 0 atom stereocenters. The largest absolute Gasteiger partial charge is 0.491 e. The summed E-state index contributed by atoms with van der Waals surface area (Å²) in [5.41, 5.74) is 1.22. The van der Waals surface area contributed by atoms with Crippen LogP contribution in [0.15, 0.2) is 52.9 Å². The van der Waals surface area contributed by atoms with Gasteiger partial charge in [-0.3, -0.25) is 4.79 Å². The zero-order valence-electron chi connectivity index (χ0n) is 12.1. The van der Waals surface area contributed by atoms with Crippen molar-refractivity contribution in [1.82, 2.24) is 0 Å². The highest BCUT2D eigenvalue weighted by Crippen LogP contribution is 2.24. The third-order valence-corrected chi connectivity index (χ3v) is 3.41. The van der Waals surface area contributed by atoms with Gasteiger partial charge in [0.2, 0.25) is 0 Å². The summed E-state index contributed by atoms with van der Waals surface area (Å²) < 4.78 is 10.8. The number of halogens is 1. The van der Waals surface area contributed by atoms with Gasteiger partial charge in [-0.2, -0.15) is 0 Å². The Bertz CT molecular complexity index is 826. The molecule has 0 spiro atoms. The molecule has 0 bridgehead atoms. The fourth-order valence-corrected chi connectivity index (χ4v) is 2.30. The number of rotatable bonds is 5. The molecule has 0 aliphatic heterocycles. The fraction of sp³-hybridized carbons (Fsp3) is 0.118. The molecule has 1 aromatic heterocycles. The van der Waals surface area contributed by atoms with E-state index in [1.165, 1.54) is 0 Å². The first-order valence-electron chi connectivity index (χ1n) is 7.00. The van der Waals surface area contributed by atoms with Gasteiger partial charge in [-0.1, -0.05) is 11.6 Å². The molecule has 1 amide bonds. The molecule has 0 saturated carbocycles. The van der Waals surface area contributed by atoms with Crippen molar-refractivity contribution in [2.45, 2.75) is 0 Å². The lowest BCUT2D eigenvalue weighted by molar-refractivity contribution is 0.0998. The van der Waals surface area contributed by atoms with Gasteiger partial charge in [0.25, 0.3) is 5.91 Å². The zero-order chi connectivity index (χ0) is 16.2. The van der Waals surface area contributed by atoms with Crippen LogP contribution in [0.25, 0.3) is 11.0 Å². The molecule has 6 heteroatoms. The van der Waals surface area contributed by atoms with Crippen LogP contribution in [0.2, 0.25) is 5.02 Å². The lowest BCUT2D eigenvalue weighted by Gasteiger charge is -2.06. The molecule has 0 saturated heterocycles. The molecule has 2 N–H and O–H groups in total. The van der Waals surface area contributed by atoms with Crippen molar-refractivity contribution in [1.29, 1.82) is 0 Å². The van der Waals surface area contributed by atoms with Crippen LogP contribution in [0, 0.1) is 0 Å². The summed E-state index contributed by atoms with van der Waals surface area (Å²) in [6.07, 6.45) is 0. The Kier molecular flexibility index (Phi) is 4.50. The highest BCUT2D eigenvalue weighted by atomic mass is 35.5. The fourth-order valence-electron chi connectivity index (χ4n) is 2.12. The van der Waals surface area contributed by atoms with Crippen molar-refractivity contribution in [3.63, 3.8) is 0 Å². The molecule has 0 fully saturated rings. The maximum absolute atomic E-state index is 12.2. The Morgan fingerprint density at radius 2 is 1.96 bits per heavy atom. The van der Waals surface area contributed by atoms with Gasteiger partial charge in [0, 0.05) is 16.1 Å². The van der Waals surface area contributed by atoms with E-state index >= 15 is 0 Å². The van der Waals surface area contributed by atoms with Crippen molar-refractivity contribution < 1.29 is 19.1 Å². The topological polar surface area (TPSA) is 71.7 Å². The molecule has 0 unspecified atom stereocenters. The van der Waals surface area contributed by atoms with E-state index in [4.69, 9.17) is 25.9 Å². The number of anilines is 1. The van der Waals surface area contributed by atoms with Crippen molar-refractivity contribution in [3.05, 3.63) is 59.3 Å². The van der Waals surface area contributed by atoms with Gasteiger partial charge >= 0.3 is 0 Å². The minimum Gasteiger partial charge on any atom is -0.491 e. The monoisotopic (exact) mass is 331 g/mol. The highest BCUT2D eigenvalue weighted by Gasteiger charge is 2.12. The molecular formula is C17H14ClNO4. The summed E-state index contributed by atoms with van der Waals surface area (Å²) in [4.78, 5) is 12.2. The summed E-state index contributed by atoms with van der Waals surface area (Å²) in [5, 5.41) is 12.8. The highest BCUT2D eigenvalue weighted by molar-refractivity contribution is 6.31. The molecule has 23 heavy (non-hydrogen) atoms. The Hall–Kier alpha value is -2.50. The lowest BCUT2D eigenvalue weighted by Crippen LogP contribution is -2.10. The molecule has 3 rings (SSSR count). The number of carbonyl (C=O) groups excluding carboxylic acids is 1. The van der Waals surface area contributed by atoms with Gasteiger partial charge in [-0.25, -0.2) is 0 Å². The maximum Gasteiger partial charge on any atom is 0.291 e. The summed E-state index contributed by atoms with van der Waals surface area (Å²) in [7, 11) is 0. The quantitative estimate of drug-likeness (QED) is 0.747. The van der Waals surface area contributed by atoms with E-state index in [9.17, 15) is 4.79 Å². The number of furan rings is 1. The van der Waals surface area contributed by atoms with Gasteiger partial charge in [0.1, 0.15) is 17.9 Å². The second-order valence-electron chi connectivity index (χ2n) is 4.84. The predicted octanol–water partition coefficient (Wildman–Crippen LogP) is 3.71. The van der Waals surface area contributed by atoms with Crippen molar-refractivity contribution in [2.75, 3.05) is 18.5 Å². The number of hydrogen-bond acceptors (Lipinski definition) is 4. The van der Waals surface area contributed by atoms with E-state index < -0.39 is 0 Å². The number of aliphatic hydroxyl groups is 1. The summed E-state index contributed by atoms with van der Waals surface area (Å²) in [6.45, 7) is 0.182. The van der Waals surface area contributed by atoms with Crippen LogP contribution >= 0.6 is 11.6 Å². The smallest absolute Gasteiger partial charge is 0.291 e. The van der Waals surface area contributed by atoms with Crippen LogP contribution in [-0.4, -0.2) is 24.2 Å². The Morgan fingerprint density at radius 3 is 2.70 bits per heavy atom. The van der Waals surface area contributed by atoms with Crippen LogP contribution in [0.1, 0.15) is 10.6 Å². The minimum atomic E-state index is -0.346. The summed E-state index contributed by atoms with van der Waals surface area (Å²) >= 11 is 5.92. The van der Waals surface area contributed by atoms with Gasteiger partial charge in [-0.15, -0.1) is 0 Å². The summed E-state index contributed by atoms with van der Waals surface area (Å²) in [6, 6.07) is 13.7. The van der Waals surface area contributed by atoms with E-state index in [0.29, 0.717) is 22.0 Å².